The number of Topliss-reactive ketones (excluding diaryl/α,β-unsaturated/α-hetero) is 2. The lowest BCUT2D eigenvalue weighted by atomic mass is 9.82. The predicted octanol–water partition coefficient (Wildman–Crippen LogP) is 2.43. The minimum Gasteiger partial charge on any atom is -0.377 e. The first-order valence-corrected chi connectivity index (χ1v) is 9.03. The fraction of sp³-hybridized carbons (Fsp3) is 0.632. The second-order valence-corrected chi connectivity index (χ2v) is 7.14. The zero-order valence-electron chi connectivity index (χ0n) is 15.2. The van der Waals surface area contributed by atoms with E-state index in [0.717, 1.165) is 19.3 Å². The molecule has 1 saturated heterocycles. The minimum absolute atomic E-state index is 0.0497. The van der Waals surface area contributed by atoms with Gasteiger partial charge < -0.3 is 14.6 Å². The van der Waals surface area contributed by atoms with Gasteiger partial charge in [-0.1, -0.05) is 6.42 Å². The first kappa shape index (κ1) is 17.9. The third-order valence-corrected chi connectivity index (χ3v) is 5.50. The zero-order chi connectivity index (χ0) is 18.1. The Morgan fingerprint density at radius 3 is 2.64 bits per heavy atom. The summed E-state index contributed by atoms with van der Waals surface area (Å²) in [5, 5.41) is 0. The van der Waals surface area contributed by atoms with Crippen molar-refractivity contribution in [3.63, 3.8) is 0 Å². The van der Waals surface area contributed by atoms with Crippen LogP contribution < -0.4 is 0 Å². The maximum Gasteiger partial charge on any atom is 0.271 e. The number of carbonyl (C=O) groups excluding carboxylic acids is 3. The molecule has 1 N–H and O–H groups in total. The summed E-state index contributed by atoms with van der Waals surface area (Å²) in [6, 6.07) is -0.210. The van der Waals surface area contributed by atoms with Gasteiger partial charge in [-0.25, -0.2) is 0 Å². The summed E-state index contributed by atoms with van der Waals surface area (Å²) < 4.78 is 5.59. The van der Waals surface area contributed by atoms with Gasteiger partial charge in [0, 0.05) is 30.1 Å². The maximum absolute atomic E-state index is 13.2. The van der Waals surface area contributed by atoms with Gasteiger partial charge in [-0.3, -0.25) is 14.4 Å². The van der Waals surface area contributed by atoms with E-state index in [9.17, 15) is 14.4 Å². The number of aryl methyl sites for hydroxylation is 1. The Hall–Kier alpha value is -1.95. The van der Waals surface area contributed by atoms with E-state index in [2.05, 4.69) is 4.98 Å². The zero-order valence-corrected chi connectivity index (χ0v) is 15.2. The number of rotatable bonds is 3. The molecule has 6 heteroatoms. The molecule has 1 amide bonds. The number of nitrogens with zero attached hydrogens (tertiary/aromatic N) is 1. The molecular formula is C19H26N2O4. The van der Waals surface area contributed by atoms with Crippen molar-refractivity contribution in [2.45, 2.75) is 52.5 Å². The van der Waals surface area contributed by atoms with E-state index in [1.165, 1.54) is 6.92 Å². The molecule has 2 aliphatic rings. The van der Waals surface area contributed by atoms with Crippen molar-refractivity contribution in [1.29, 1.82) is 0 Å². The molecule has 1 aromatic heterocycles. The Bertz CT molecular complexity index is 707. The van der Waals surface area contributed by atoms with Gasteiger partial charge in [-0.15, -0.1) is 0 Å². The molecule has 2 fully saturated rings. The summed E-state index contributed by atoms with van der Waals surface area (Å²) in [4.78, 5) is 42.3. The van der Waals surface area contributed by atoms with Gasteiger partial charge in [-0.2, -0.15) is 0 Å². The van der Waals surface area contributed by atoms with Crippen LogP contribution in [0.15, 0.2) is 0 Å². The fourth-order valence-electron chi connectivity index (χ4n) is 4.26. The summed E-state index contributed by atoms with van der Waals surface area (Å²) >= 11 is 0. The lowest BCUT2D eigenvalue weighted by molar-refractivity contribution is -0.129. The molecule has 1 aliphatic heterocycles. The Kier molecular flexibility index (Phi) is 5.08. The number of morpholine rings is 1. The van der Waals surface area contributed by atoms with Crippen molar-refractivity contribution in [1.82, 2.24) is 9.88 Å². The number of hydrogen-bond donors (Lipinski definition) is 1. The van der Waals surface area contributed by atoms with E-state index in [4.69, 9.17) is 4.74 Å². The number of nitrogens with one attached hydrogen (secondary N) is 1. The summed E-state index contributed by atoms with van der Waals surface area (Å²) in [6.07, 6.45) is 3.37. The average Bonchev–Trinajstić information content (AvgIpc) is 2.89. The van der Waals surface area contributed by atoms with Crippen LogP contribution in [-0.4, -0.2) is 53.2 Å². The number of ketones is 2. The van der Waals surface area contributed by atoms with Gasteiger partial charge in [0.1, 0.15) is 11.5 Å². The van der Waals surface area contributed by atoms with E-state index in [0.29, 0.717) is 48.7 Å². The topological polar surface area (TPSA) is 79.5 Å². The molecule has 0 spiro atoms. The molecule has 0 aromatic carbocycles. The number of H-pyrrole nitrogens is 1. The number of aromatic amines is 1. The lowest BCUT2D eigenvalue weighted by Crippen LogP contribution is -2.54. The summed E-state index contributed by atoms with van der Waals surface area (Å²) in [5.74, 6) is -0.0870. The standard InChI is InChI=1S/C19H26N2O4/c1-11-17(13(3)22)12(2)20-18(11)19(24)21-8-9-25-10-15(21)14-6-4-5-7-16(14)23/h14-15,20H,4-10H2,1-3H3/t14-,15+/m0/s1. The van der Waals surface area contributed by atoms with Crippen LogP contribution in [0.2, 0.25) is 0 Å². The predicted molar refractivity (Wildman–Crippen MR) is 92.9 cm³/mol. The Balaban J connectivity index is 1.90. The smallest absolute Gasteiger partial charge is 0.271 e. The van der Waals surface area contributed by atoms with Crippen molar-refractivity contribution < 1.29 is 19.1 Å². The lowest BCUT2D eigenvalue weighted by Gasteiger charge is -2.40. The third-order valence-electron chi connectivity index (χ3n) is 5.50. The largest absolute Gasteiger partial charge is 0.377 e. The normalized spacial score (nSPS) is 24.4. The molecule has 1 saturated carbocycles. The Morgan fingerprint density at radius 2 is 2.00 bits per heavy atom. The van der Waals surface area contributed by atoms with Crippen LogP contribution in [0, 0.1) is 19.8 Å². The van der Waals surface area contributed by atoms with Gasteiger partial charge in [0.05, 0.1) is 19.3 Å². The summed E-state index contributed by atoms with van der Waals surface area (Å²) in [7, 11) is 0. The SMILES string of the molecule is CC(=O)c1c(C)[nH]c(C(=O)N2CCOC[C@@H]2[C@@H]2CCCCC2=O)c1C. The van der Waals surface area contributed by atoms with E-state index in [1.807, 2.05) is 6.92 Å². The van der Waals surface area contributed by atoms with Crippen LogP contribution in [-0.2, 0) is 9.53 Å². The van der Waals surface area contributed by atoms with Crippen molar-refractivity contribution in [2.24, 2.45) is 5.92 Å². The van der Waals surface area contributed by atoms with Crippen LogP contribution >= 0.6 is 0 Å². The maximum atomic E-state index is 13.2. The number of ether oxygens (including phenoxy) is 1. The van der Waals surface area contributed by atoms with Crippen molar-refractivity contribution in [3.8, 4) is 0 Å². The molecule has 0 radical (unpaired) electrons. The van der Waals surface area contributed by atoms with Crippen molar-refractivity contribution in [2.75, 3.05) is 19.8 Å². The van der Waals surface area contributed by atoms with Gasteiger partial charge in [0.2, 0.25) is 0 Å². The van der Waals surface area contributed by atoms with E-state index >= 15 is 0 Å². The molecule has 25 heavy (non-hydrogen) atoms. The highest BCUT2D eigenvalue weighted by Gasteiger charge is 2.39. The molecule has 136 valence electrons. The second kappa shape index (κ2) is 7.12. The van der Waals surface area contributed by atoms with Gasteiger partial charge >= 0.3 is 0 Å². The van der Waals surface area contributed by atoms with Crippen LogP contribution in [0.25, 0.3) is 0 Å². The van der Waals surface area contributed by atoms with Crippen LogP contribution in [0.3, 0.4) is 0 Å². The number of aromatic nitrogens is 1. The second-order valence-electron chi connectivity index (χ2n) is 7.14. The molecular weight excluding hydrogens is 320 g/mol. The molecule has 2 atom stereocenters. The molecule has 2 heterocycles. The van der Waals surface area contributed by atoms with Gasteiger partial charge in [0.15, 0.2) is 5.78 Å². The van der Waals surface area contributed by atoms with Crippen LogP contribution in [0.1, 0.15) is 64.7 Å². The highest BCUT2D eigenvalue weighted by Crippen LogP contribution is 2.30. The first-order valence-electron chi connectivity index (χ1n) is 9.03. The monoisotopic (exact) mass is 346 g/mol. The highest BCUT2D eigenvalue weighted by atomic mass is 16.5. The van der Waals surface area contributed by atoms with Crippen LogP contribution in [0.5, 0.6) is 0 Å². The molecule has 0 bridgehead atoms. The number of hydrogen-bond acceptors (Lipinski definition) is 4. The fourth-order valence-corrected chi connectivity index (χ4v) is 4.26. The van der Waals surface area contributed by atoms with Gasteiger partial charge in [-0.05, 0) is 39.2 Å². The van der Waals surface area contributed by atoms with E-state index in [1.54, 1.807) is 11.8 Å². The minimum atomic E-state index is -0.210. The molecule has 3 rings (SSSR count). The Labute approximate surface area is 147 Å². The van der Waals surface area contributed by atoms with E-state index < -0.39 is 0 Å². The van der Waals surface area contributed by atoms with Crippen molar-refractivity contribution in [3.05, 3.63) is 22.5 Å². The Morgan fingerprint density at radius 1 is 1.24 bits per heavy atom. The third kappa shape index (κ3) is 3.27. The highest BCUT2D eigenvalue weighted by molar-refractivity contribution is 6.02. The quantitative estimate of drug-likeness (QED) is 0.853. The molecule has 0 unspecified atom stereocenters. The molecule has 1 aromatic rings. The summed E-state index contributed by atoms with van der Waals surface area (Å²) in [5.41, 5.74) is 2.45. The molecule has 1 aliphatic carbocycles. The van der Waals surface area contributed by atoms with E-state index in [-0.39, 0.29) is 29.4 Å². The average molecular weight is 346 g/mol. The number of carbonyl (C=O) groups is 3. The van der Waals surface area contributed by atoms with Gasteiger partial charge in [0.25, 0.3) is 5.91 Å². The van der Waals surface area contributed by atoms with Crippen LogP contribution in [0.4, 0.5) is 0 Å². The first-order chi connectivity index (χ1) is 11.9. The number of amides is 1. The molecule has 6 nitrogen and oxygen atoms in total. The van der Waals surface area contributed by atoms with Crippen molar-refractivity contribution >= 4 is 17.5 Å². The summed E-state index contributed by atoms with van der Waals surface area (Å²) in [6.45, 7) is 6.47.